The van der Waals surface area contributed by atoms with Crippen LogP contribution >= 0.6 is 24.0 Å². The second kappa shape index (κ2) is 5.98. The SMILES string of the molecule is O=C1C(=Cc2ccc(F)cc2)SC(=S)N1c1cccc(F)c1. The highest BCUT2D eigenvalue weighted by molar-refractivity contribution is 8.27. The van der Waals surface area contributed by atoms with E-state index in [1.807, 2.05) is 0 Å². The van der Waals surface area contributed by atoms with Crippen molar-refractivity contribution in [1.82, 2.24) is 0 Å². The zero-order valence-corrected chi connectivity index (χ0v) is 12.8. The van der Waals surface area contributed by atoms with Gasteiger partial charge in [-0.1, -0.05) is 42.2 Å². The van der Waals surface area contributed by atoms with Gasteiger partial charge in [-0.05, 0) is 42.0 Å². The molecule has 0 atom stereocenters. The van der Waals surface area contributed by atoms with Crippen molar-refractivity contribution < 1.29 is 13.6 Å². The van der Waals surface area contributed by atoms with Crippen LogP contribution in [0.5, 0.6) is 0 Å². The summed E-state index contributed by atoms with van der Waals surface area (Å²) in [6.45, 7) is 0. The third-order valence-corrected chi connectivity index (χ3v) is 4.33. The summed E-state index contributed by atoms with van der Waals surface area (Å²) >= 11 is 6.34. The number of rotatable bonds is 2. The number of nitrogens with zero attached hydrogens (tertiary/aromatic N) is 1. The molecule has 0 bridgehead atoms. The number of amides is 1. The first-order valence-electron chi connectivity index (χ1n) is 6.34. The highest BCUT2D eigenvalue weighted by Crippen LogP contribution is 2.36. The number of anilines is 1. The van der Waals surface area contributed by atoms with Gasteiger partial charge < -0.3 is 0 Å². The molecule has 1 fully saturated rings. The van der Waals surface area contributed by atoms with Gasteiger partial charge in [0.05, 0.1) is 10.6 Å². The molecule has 0 aromatic heterocycles. The van der Waals surface area contributed by atoms with E-state index in [1.165, 1.54) is 35.2 Å². The first-order valence-corrected chi connectivity index (χ1v) is 7.56. The van der Waals surface area contributed by atoms with E-state index in [4.69, 9.17) is 12.2 Å². The number of benzene rings is 2. The summed E-state index contributed by atoms with van der Waals surface area (Å²) in [5.74, 6) is -1.09. The Hall–Kier alpha value is -2.05. The highest BCUT2D eigenvalue weighted by atomic mass is 32.2. The molecule has 2 nitrogen and oxygen atoms in total. The molecular weight excluding hydrogens is 324 g/mol. The summed E-state index contributed by atoms with van der Waals surface area (Å²) in [4.78, 5) is 14.2. The Morgan fingerprint density at radius 3 is 2.45 bits per heavy atom. The predicted octanol–water partition coefficient (Wildman–Crippen LogP) is 4.37. The lowest BCUT2D eigenvalue weighted by Gasteiger charge is -2.14. The van der Waals surface area contributed by atoms with Gasteiger partial charge in [0.1, 0.15) is 11.6 Å². The molecular formula is C16H9F2NOS2. The zero-order valence-electron chi connectivity index (χ0n) is 11.1. The van der Waals surface area contributed by atoms with Crippen LogP contribution in [-0.2, 0) is 4.79 Å². The minimum atomic E-state index is -0.436. The Balaban J connectivity index is 1.93. The van der Waals surface area contributed by atoms with Crippen molar-refractivity contribution in [3.8, 4) is 0 Å². The minimum absolute atomic E-state index is 0.315. The smallest absolute Gasteiger partial charge is 0.268 e. The topological polar surface area (TPSA) is 20.3 Å². The molecule has 2 aromatic rings. The molecule has 22 heavy (non-hydrogen) atoms. The van der Waals surface area contributed by atoms with E-state index in [0.717, 1.165) is 11.8 Å². The van der Waals surface area contributed by atoms with Crippen LogP contribution in [0, 0.1) is 11.6 Å². The van der Waals surface area contributed by atoms with Gasteiger partial charge in [0, 0.05) is 0 Å². The Kier molecular flexibility index (Phi) is 4.04. The first-order chi connectivity index (χ1) is 10.5. The molecule has 6 heteroatoms. The molecule has 1 heterocycles. The lowest BCUT2D eigenvalue weighted by Crippen LogP contribution is -2.27. The lowest BCUT2D eigenvalue weighted by molar-refractivity contribution is -0.113. The van der Waals surface area contributed by atoms with E-state index in [-0.39, 0.29) is 11.7 Å². The minimum Gasteiger partial charge on any atom is -0.268 e. The second-order valence-electron chi connectivity index (χ2n) is 4.55. The number of hydrogen-bond donors (Lipinski definition) is 0. The number of halogens is 2. The molecule has 2 aromatic carbocycles. The van der Waals surface area contributed by atoms with Crippen LogP contribution in [-0.4, -0.2) is 10.2 Å². The fourth-order valence-corrected chi connectivity index (χ4v) is 3.31. The molecule has 0 saturated carbocycles. The average molecular weight is 333 g/mol. The Labute approximate surface area is 135 Å². The molecule has 3 rings (SSSR count). The van der Waals surface area contributed by atoms with Gasteiger partial charge in [0.2, 0.25) is 0 Å². The molecule has 1 aliphatic rings. The Bertz CT molecular complexity index is 787. The van der Waals surface area contributed by atoms with E-state index in [2.05, 4.69) is 0 Å². The number of thioether (sulfide) groups is 1. The normalized spacial score (nSPS) is 16.6. The lowest BCUT2D eigenvalue weighted by atomic mass is 10.2. The second-order valence-corrected chi connectivity index (χ2v) is 6.22. The monoisotopic (exact) mass is 333 g/mol. The maximum atomic E-state index is 13.3. The summed E-state index contributed by atoms with van der Waals surface area (Å²) in [7, 11) is 0. The Morgan fingerprint density at radius 1 is 1.05 bits per heavy atom. The van der Waals surface area contributed by atoms with E-state index in [0.29, 0.717) is 20.5 Å². The van der Waals surface area contributed by atoms with Gasteiger partial charge in [-0.15, -0.1) is 0 Å². The number of carbonyl (C=O) groups excluding carboxylic acids is 1. The van der Waals surface area contributed by atoms with Crippen LogP contribution in [0.15, 0.2) is 53.4 Å². The van der Waals surface area contributed by atoms with E-state index in [1.54, 1.807) is 24.3 Å². The van der Waals surface area contributed by atoms with Crippen LogP contribution in [0.2, 0.25) is 0 Å². The summed E-state index contributed by atoms with van der Waals surface area (Å²) in [5.41, 5.74) is 1.09. The van der Waals surface area contributed by atoms with Crippen molar-refractivity contribution in [1.29, 1.82) is 0 Å². The van der Waals surface area contributed by atoms with E-state index < -0.39 is 5.82 Å². The van der Waals surface area contributed by atoms with Gasteiger partial charge >= 0.3 is 0 Å². The first kappa shape index (κ1) is 14.9. The summed E-state index contributed by atoms with van der Waals surface area (Å²) in [6, 6.07) is 11.5. The van der Waals surface area contributed by atoms with Crippen molar-refractivity contribution in [3.05, 3.63) is 70.6 Å². The maximum absolute atomic E-state index is 13.3. The third kappa shape index (κ3) is 2.93. The van der Waals surface area contributed by atoms with Gasteiger partial charge in [-0.25, -0.2) is 8.78 Å². The summed E-state index contributed by atoms with van der Waals surface area (Å²) in [6.07, 6.45) is 1.64. The van der Waals surface area contributed by atoms with Crippen LogP contribution < -0.4 is 4.90 Å². The molecule has 1 aliphatic heterocycles. The standard InChI is InChI=1S/C16H9F2NOS2/c17-11-6-4-10(5-7-11)8-14-15(20)19(16(21)22-14)13-3-1-2-12(18)9-13/h1-9H. The summed E-state index contributed by atoms with van der Waals surface area (Å²) in [5, 5.41) is 0. The molecule has 110 valence electrons. The quantitative estimate of drug-likeness (QED) is 0.601. The van der Waals surface area contributed by atoms with Crippen molar-refractivity contribution >= 4 is 46.0 Å². The van der Waals surface area contributed by atoms with E-state index >= 15 is 0 Å². The van der Waals surface area contributed by atoms with Crippen LogP contribution in [0.1, 0.15) is 5.56 Å². The highest BCUT2D eigenvalue weighted by Gasteiger charge is 2.33. The number of hydrogen-bond acceptors (Lipinski definition) is 3. The van der Waals surface area contributed by atoms with E-state index in [9.17, 15) is 13.6 Å². The molecule has 1 saturated heterocycles. The molecule has 0 spiro atoms. The summed E-state index contributed by atoms with van der Waals surface area (Å²) < 4.78 is 26.6. The Morgan fingerprint density at radius 2 is 1.77 bits per heavy atom. The molecule has 1 amide bonds. The van der Waals surface area contributed by atoms with Crippen LogP contribution in [0.25, 0.3) is 6.08 Å². The number of thiocarbonyl (C=S) groups is 1. The zero-order chi connectivity index (χ0) is 15.7. The molecule has 0 aliphatic carbocycles. The van der Waals surface area contributed by atoms with Crippen molar-refractivity contribution in [2.45, 2.75) is 0 Å². The molecule has 0 radical (unpaired) electrons. The van der Waals surface area contributed by atoms with Crippen molar-refractivity contribution in [2.75, 3.05) is 4.90 Å². The van der Waals surface area contributed by atoms with Crippen molar-refractivity contribution in [3.63, 3.8) is 0 Å². The van der Waals surface area contributed by atoms with Gasteiger partial charge in [-0.2, -0.15) is 0 Å². The maximum Gasteiger partial charge on any atom is 0.270 e. The van der Waals surface area contributed by atoms with Gasteiger partial charge in [0.15, 0.2) is 4.32 Å². The number of carbonyl (C=O) groups is 1. The fourth-order valence-electron chi connectivity index (χ4n) is 2.02. The molecule has 0 N–H and O–H groups in total. The van der Waals surface area contributed by atoms with Crippen LogP contribution in [0.3, 0.4) is 0 Å². The fraction of sp³-hybridized carbons (Fsp3) is 0. The third-order valence-electron chi connectivity index (χ3n) is 3.03. The van der Waals surface area contributed by atoms with Crippen molar-refractivity contribution in [2.24, 2.45) is 0 Å². The molecule has 0 unspecified atom stereocenters. The predicted molar refractivity (Wildman–Crippen MR) is 88.5 cm³/mol. The van der Waals surface area contributed by atoms with Crippen LogP contribution in [0.4, 0.5) is 14.5 Å². The van der Waals surface area contributed by atoms with Gasteiger partial charge in [-0.3, -0.25) is 9.69 Å². The average Bonchev–Trinajstić information content (AvgIpc) is 2.76. The largest absolute Gasteiger partial charge is 0.270 e. The van der Waals surface area contributed by atoms with Gasteiger partial charge in [0.25, 0.3) is 5.91 Å².